The summed E-state index contributed by atoms with van der Waals surface area (Å²) >= 11 is 3.08. The number of halogens is 2. The Morgan fingerprint density at radius 3 is 2.72 bits per heavy atom. The van der Waals surface area contributed by atoms with Gasteiger partial charge in [0.25, 0.3) is 0 Å². The molecular weight excluding hydrogens is 393 g/mol. The van der Waals surface area contributed by atoms with Crippen LogP contribution in [0, 0.1) is 5.82 Å². The number of rotatable bonds is 4. The highest BCUT2D eigenvalue weighted by molar-refractivity contribution is 9.10. The first-order valence-electron chi connectivity index (χ1n) is 7.41. The van der Waals surface area contributed by atoms with Gasteiger partial charge in [0.05, 0.1) is 12.0 Å². The number of carbonyl (C=O) groups excluding carboxylic acids is 3. The second-order valence-corrected chi connectivity index (χ2v) is 6.45. The fourth-order valence-electron chi connectivity index (χ4n) is 2.59. The minimum Gasteiger partial charge on any atom is -0.454 e. The molecule has 0 aliphatic carbocycles. The lowest BCUT2D eigenvalue weighted by atomic mass is 10.1. The molecule has 128 valence electrons. The van der Waals surface area contributed by atoms with Crippen LogP contribution >= 0.6 is 15.9 Å². The van der Waals surface area contributed by atoms with Crippen molar-refractivity contribution >= 4 is 39.3 Å². The number of likely N-dealkylation sites (N-methyl/N-ethyl adjacent to an activating group) is 1. The van der Waals surface area contributed by atoms with E-state index < -0.39 is 18.4 Å². The Bertz CT molecular complexity index is 897. The van der Waals surface area contributed by atoms with Crippen LogP contribution in [0.1, 0.15) is 26.3 Å². The molecule has 0 unspecified atom stereocenters. The molecule has 7 heteroatoms. The fourth-order valence-corrected chi connectivity index (χ4v) is 3.10. The van der Waals surface area contributed by atoms with Gasteiger partial charge in [0, 0.05) is 22.8 Å². The third-order valence-electron chi connectivity index (χ3n) is 3.96. The maximum absolute atomic E-state index is 13.0. The summed E-state index contributed by atoms with van der Waals surface area (Å²) in [5.41, 5.74) is 2.04. The second-order valence-electron chi connectivity index (χ2n) is 5.60. The zero-order valence-electron chi connectivity index (χ0n) is 13.2. The second kappa shape index (κ2) is 6.76. The van der Waals surface area contributed by atoms with Gasteiger partial charge in [0.2, 0.25) is 5.91 Å². The smallest absolute Gasteiger partial charge is 0.339 e. The van der Waals surface area contributed by atoms with Crippen molar-refractivity contribution in [3.05, 3.63) is 63.4 Å². The molecular formula is C18H13BrFNO4. The molecule has 0 atom stereocenters. The quantitative estimate of drug-likeness (QED) is 0.578. The summed E-state index contributed by atoms with van der Waals surface area (Å²) < 4.78 is 18.3. The molecule has 2 aromatic carbocycles. The standard InChI is InChI=1S/C18H13BrFNO4/c1-21-15-5-2-10(6-11(15)7-17(21)23)16(22)9-25-18(24)13-4-3-12(20)8-14(13)19/h2-6,8H,7,9H2,1H3. The Hall–Kier alpha value is -2.54. The van der Waals surface area contributed by atoms with Gasteiger partial charge in [0.1, 0.15) is 5.82 Å². The highest BCUT2D eigenvalue weighted by Crippen LogP contribution is 2.28. The zero-order chi connectivity index (χ0) is 18.1. The van der Waals surface area contributed by atoms with Crippen LogP contribution in [-0.4, -0.2) is 31.3 Å². The SMILES string of the molecule is CN1C(=O)Cc2cc(C(=O)COC(=O)c3ccc(F)cc3Br)ccc21. The van der Waals surface area contributed by atoms with Crippen LogP contribution in [0.25, 0.3) is 0 Å². The number of ketones is 1. The van der Waals surface area contributed by atoms with Gasteiger partial charge in [-0.1, -0.05) is 0 Å². The number of Topliss-reactive ketones (excluding diaryl/α,β-unsaturated/α-hetero) is 1. The first-order valence-corrected chi connectivity index (χ1v) is 8.21. The number of fused-ring (bicyclic) bond motifs is 1. The Morgan fingerprint density at radius 2 is 2.00 bits per heavy atom. The maximum atomic E-state index is 13.0. The van der Waals surface area contributed by atoms with Crippen molar-refractivity contribution in [1.82, 2.24) is 0 Å². The molecule has 1 amide bonds. The summed E-state index contributed by atoms with van der Waals surface area (Å²) in [5.74, 6) is -1.63. The summed E-state index contributed by atoms with van der Waals surface area (Å²) in [5, 5.41) is 0. The Labute approximate surface area is 151 Å². The molecule has 1 aliphatic rings. The van der Waals surface area contributed by atoms with E-state index in [2.05, 4.69) is 15.9 Å². The lowest BCUT2D eigenvalue weighted by Crippen LogP contribution is -2.20. The monoisotopic (exact) mass is 405 g/mol. The Balaban J connectivity index is 1.68. The van der Waals surface area contributed by atoms with Crippen molar-refractivity contribution in [2.75, 3.05) is 18.6 Å². The van der Waals surface area contributed by atoms with E-state index in [-0.39, 0.29) is 28.1 Å². The molecule has 5 nitrogen and oxygen atoms in total. The summed E-state index contributed by atoms with van der Waals surface area (Å²) in [7, 11) is 1.68. The zero-order valence-corrected chi connectivity index (χ0v) is 14.8. The number of hydrogen-bond donors (Lipinski definition) is 0. The number of nitrogens with zero attached hydrogens (tertiary/aromatic N) is 1. The van der Waals surface area contributed by atoms with Crippen molar-refractivity contribution in [2.24, 2.45) is 0 Å². The molecule has 0 saturated carbocycles. The Morgan fingerprint density at radius 1 is 1.24 bits per heavy atom. The topological polar surface area (TPSA) is 63.7 Å². The molecule has 0 spiro atoms. The average Bonchev–Trinajstić information content (AvgIpc) is 2.86. The summed E-state index contributed by atoms with van der Waals surface area (Å²) in [6.07, 6.45) is 0.245. The predicted octanol–water partition coefficient (Wildman–Crippen LogP) is 3.15. The van der Waals surface area contributed by atoms with Gasteiger partial charge in [-0.2, -0.15) is 0 Å². The maximum Gasteiger partial charge on any atom is 0.339 e. The van der Waals surface area contributed by atoms with Crippen LogP contribution in [0.3, 0.4) is 0 Å². The third-order valence-corrected chi connectivity index (χ3v) is 4.62. The van der Waals surface area contributed by atoms with Crippen molar-refractivity contribution in [1.29, 1.82) is 0 Å². The summed E-state index contributed by atoms with van der Waals surface area (Å²) in [6.45, 7) is -0.439. The van der Waals surface area contributed by atoms with E-state index in [0.717, 1.165) is 23.4 Å². The molecule has 1 heterocycles. The van der Waals surface area contributed by atoms with Crippen molar-refractivity contribution in [3.63, 3.8) is 0 Å². The van der Waals surface area contributed by atoms with E-state index in [9.17, 15) is 18.8 Å². The summed E-state index contributed by atoms with van der Waals surface area (Å²) in [6, 6.07) is 8.50. The molecule has 1 aliphatic heterocycles. The van der Waals surface area contributed by atoms with Gasteiger partial charge in [-0.15, -0.1) is 0 Å². The number of hydrogen-bond acceptors (Lipinski definition) is 4. The first kappa shape index (κ1) is 17.3. The van der Waals surface area contributed by atoms with Gasteiger partial charge in [0.15, 0.2) is 12.4 Å². The number of carbonyl (C=O) groups is 3. The largest absolute Gasteiger partial charge is 0.454 e. The molecule has 0 radical (unpaired) electrons. The van der Waals surface area contributed by atoms with E-state index >= 15 is 0 Å². The number of esters is 1. The third kappa shape index (κ3) is 3.46. The predicted molar refractivity (Wildman–Crippen MR) is 92.3 cm³/mol. The number of anilines is 1. The van der Waals surface area contributed by atoms with Crippen molar-refractivity contribution in [3.8, 4) is 0 Å². The minimum absolute atomic E-state index is 0.0350. The first-order chi connectivity index (χ1) is 11.9. The van der Waals surface area contributed by atoms with E-state index in [1.54, 1.807) is 25.2 Å². The lowest BCUT2D eigenvalue weighted by molar-refractivity contribution is -0.117. The molecule has 0 bridgehead atoms. The van der Waals surface area contributed by atoms with Crippen LogP contribution < -0.4 is 4.90 Å². The summed E-state index contributed by atoms with van der Waals surface area (Å²) in [4.78, 5) is 37.5. The molecule has 0 aromatic heterocycles. The number of amides is 1. The molecule has 0 saturated heterocycles. The fraction of sp³-hybridized carbons (Fsp3) is 0.167. The molecule has 0 fully saturated rings. The molecule has 3 rings (SSSR count). The van der Waals surface area contributed by atoms with E-state index in [4.69, 9.17) is 4.74 Å². The molecule has 25 heavy (non-hydrogen) atoms. The highest BCUT2D eigenvalue weighted by atomic mass is 79.9. The van der Waals surface area contributed by atoms with Crippen LogP contribution in [0.4, 0.5) is 10.1 Å². The lowest BCUT2D eigenvalue weighted by Gasteiger charge is -2.10. The van der Waals surface area contributed by atoms with Crippen LogP contribution in [0.5, 0.6) is 0 Å². The molecule has 2 aromatic rings. The molecule has 0 N–H and O–H groups in total. The highest BCUT2D eigenvalue weighted by Gasteiger charge is 2.25. The van der Waals surface area contributed by atoms with Gasteiger partial charge in [-0.3, -0.25) is 9.59 Å². The number of ether oxygens (including phenoxy) is 1. The Kier molecular flexibility index (Phi) is 4.67. The normalized spacial score (nSPS) is 12.9. The van der Waals surface area contributed by atoms with Crippen LogP contribution in [-0.2, 0) is 16.0 Å². The van der Waals surface area contributed by atoms with Gasteiger partial charge >= 0.3 is 5.97 Å². The number of benzene rings is 2. The van der Waals surface area contributed by atoms with Crippen LogP contribution in [0.15, 0.2) is 40.9 Å². The van der Waals surface area contributed by atoms with Crippen molar-refractivity contribution in [2.45, 2.75) is 6.42 Å². The van der Waals surface area contributed by atoms with E-state index in [0.29, 0.717) is 5.56 Å². The van der Waals surface area contributed by atoms with E-state index in [1.807, 2.05) is 0 Å². The van der Waals surface area contributed by atoms with Crippen LogP contribution in [0.2, 0.25) is 0 Å². The van der Waals surface area contributed by atoms with Crippen molar-refractivity contribution < 1.29 is 23.5 Å². The van der Waals surface area contributed by atoms with E-state index in [1.165, 1.54) is 11.0 Å². The average molecular weight is 406 g/mol. The van der Waals surface area contributed by atoms with Gasteiger partial charge in [-0.25, -0.2) is 9.18 Å². The minimum atomic E-state index is -0.726. The van der Waals surface area contributed by atoms with Gasteiger partial charge < -0.3 is 9.64 Å². The van der Waals surface area contributed by atoms with Gasteiger partial charge in [-0.05, 0) is 57.9 Å².